The van der Waals surface area contributed by atoms with Gasteiger partial charge in [-0.2, -0.15) is 0 Å². The van der Waals surface area contributed by atoms with Gasteiger partial charge in [-0.25, -0.2) is 0 Å². The molecule has 0 atom stereocenters. The Morgan fingerprint density at radius 2 is 1.84 bits per heavy atom. The highest BCUT2D eigenvalue weighted by Crippen LogP contribution is 2.29. The molecule has 4 rings (SSSR count). The lowest BCUT2D eigenvalue weighted by atomic mass is 10.2. The molecule has 5 nitrogen and oxygen atoms in total. The van der Waals surface area contributed by atoms with Gasteiger partial charge in [-0.15, -0.1) is 0 Å². The summed E-state index contributed by atoms with van der Waals surface area (Å²) in [4.78, 5) is 19.9. The molecule has 3 fully saturated rings. The zero-order valence-electron chi connectivity index (χ0n) is 15.5. The van der Waals surface area contributed by atoms with E-state index in [2.05, 4.69) is 9.80 Å². The molecule has 0 aromatic carbocycles. The summed E-state index contributed by atoms with van der Waals surface area (Å²) in [5.41, 5.74) is 0. The summed E-state index contributed by atoms with van der Waals surface area (Å²) in [5.74, 6) is 2.09. The summed E-state index contributed by atoms with van der Waals surface area (Å²) in [6.45, 7) is 7.45. The number of carbonyl (C=O) groups is 1. The van der Waals surface area contributed by atoms with Gasteiger partial charge in [0.05, 0.1) is 13.1 Å². The minimum Gasteiger partial charge on any atom is -0.464 e. The van der Waals surface area contributed by atoms with Gasteiger partial charge < -0.3 is 9.32 Å². The molecule has 3 aliphatic rings. The van der Waals surface area contributed by atoms with E-state index in [1.165, 1.54) is 25.7 Å². The second-order valence-corrected chi connectivity index (χ2v) is 8.02. The van der Waals surface area contributed by atoms with Crippen LogP contribution in [0.2, 0.25) is 0 Å². The Morgan fingerprint density at radius 3 is 2.44 bits per heavy atom. The molecule has 1 aliphatic heterocycles. The standard InChI is InChI=1S/C20H31N3O2/c1-16-6-9-19(25-16)14-23(18-7-8-18)20(24)15-21-10-12-22(13-11-21)17-4-2-3-5-17/h6,9,17-18H,2-5,7-8,10-15H2,1H3. The molecule has 0 N–H and O–H groups in total. The van der Waals surface area contributed by atoms with E-state index < -0.39 is 0 Å². The van der Waals surface area contributed by atoms with Crippen LogP contribution in [0.3, 0.4) is 0 Å². The number of carbonyl (C=O) groups excluding carboxylic acids is 1. The summed E-state index contributed by atoms with van der Waals surface area (Å²) in [7, 11) is 0. The summed E-state index contributed by atoms with van der Waals surface area (Å²) in [6.07, 6.45) is 7.81. The van der Waals surface area contributed by atoms with Crippen molar-refractivity contribution in [1.82, 2.24) is 14.7 Å². The summed E-state index contributed by atoms with van der Waals surface area (Å²) in [6, 6.07) is 5.21. The van der Waals surface area contributed by atoms with Gasteiger partial charge in [0.15, 0.2) is 0 Å². The van der Waals surface area contributed by atoms with Crippen LogP contribution < -0.4 is 0 Å². The normalized spacial score (nSPS) is 23.2. The summed E-state index contributed by atoms with van der Waals surface area (Å²) < 4.78 is 5.69. The molecule has 2 saturated carbocycles. The van der Waals surface area contributed by atoms with Crippen molar-refractivity contribution in [2.24, 2.45) is 0 Å². The molecule has 0 spiro atoms. The van der Waals surface area contributed by atoms with E-state index >= 15 is 0 Å². The smallest absolute Gasteiger partial charge is 0.237 e. The Morgan fingerprint density at radius 1 is 1.12 bits per heavy atom. The van der Waals surface area contributed by atoms with Crippen molar-refractivity contribution >= 4 is 5.91 Å². The second-order valence-electron chi connectivity index (χ2n) is 8.02. The highest BCUT2D eigenvalue weighted by molar-refractivity contribution is 5.79. The van der Waals surface area contributed by atoms with Crippen LogP contribution in [0.5, 0.6) is 0 Å². The first-order chi connectivity index (χ1) is 12.2. The Kier molecular flexibility index (Phi) is 5.13. The zero-order chi connectivity index (χ0) is 17.2. The van der Waals surface area contributed by atoms with Gasteiger partial charge in [0.25, 0.3) is 0 Å². The Hall–Kier alpha value is -1.33. The van der Waals surface area contributed by atoms with Crippen LogP contribution in [0, 0.1) is 6.92 Å². The molecular weight excluding hydrogens is 314 g/mol. The Balaban J connectivity index is 1.28. The second kappa shape index (κ2) is 7.50. The van der Waals surface area contributed by atoms with Gasteiger partial charge in [0.2, 0.25) is 5.91 Å². The maximum atomic E-state index is 12.9. The minimum atomic E-state index is 0.269. The molecule has 0 unspecified atom stereocenters. The molecule has 0 bridgehead atoms. The molecule has 2 aliphatic carbocycles. The molecule has 2 heterocycles. The number of nitrogens with zero attached hydrogens (tertiary/aromatic N) is 3. The molecule has 1 aromatic rings. The van der Waals surface area contributed by atoms with Crippen LogP contribution in [0.15, 0.2) is 16.5 Å². The van der Waals surface area contributed by atoms with Crippen molar-refractivity contribution in [1.29, 1.82) is 0 Å². The Bertz CT molecular complexity index is 582. The fourth-order valence-electron chi connectivity index (χ4n) is 4.38. The lowest BCUT2D eigenvalue weighted by Gasteiger charge is -2.38. The summed E-state index contributed by atoms with van der Waals surface area (Å²) >= 11 is 0. The minimum absolute atomic E-state index is 0.269. The number of aryl methyl sites for hydroxylation is 1. The summed E-state index contributed by atoms with van der Waals surface area (Å²) in [5, 5.41) is 0. The quantitative estimate of drug-likeness (QED) is 0.795. The van der Waals surface area contributed by atoms with Gasteiger partial charge >= 0.3 is 0 Å². The van der Waals surface area contributed by atoms with Gasteiger partial charge in [0.1, 0.15) is 11.5 Å². The van der Waals surface area contributed by atoms with Crippen molar-refractivity contribution in [3.63, 3.8) is 0 Å². The van der Waals surface area contributed by atoms with Gasteiger partial charge in [-0.1, -0.05) is 12.8 Å². The molecule has 138 valence electrons. The van der Waals surface area contributed by atoms with Crippen LogP contribution in [0.4, 0.5) is 0 Å². The third-order valence-electron chi connectivity index (χ3n) is 6.04. The van der Waals surface area contributed by atoms with Crippen molar-refractivity contribution in [3.05, 3.63) is 23.7 Å². The van der Waals surface area contributed by atoms with E-state index in [4.69, 9.17) is 4.42 Å². The van der Waals surface area contributed by atoms with E-state index in [0.717, 1.165) is 56.6 Å². The molecule has 1 saturated heterocycles. The van der Waals surface area contributed by atoms with Crippen LogP contribution in [-0.4, -0.2) is 65.4 Å². The van der Waals surface area contributed by atoms with E-state index in [9.17, 15) is 4.79 Å². The van der Waals surface area contributed by atoms with Crippen LogP contribution in [-0.2, 0) is 11.3 Å². The predicted molar refractivity (Wildman–Crippen MR) is 97.3 cm³/mol. The van der Waals surface area contributed by atoms with Crippen molar-refractivity contribution in [2.45, 2.75) is 64.1 Å². The predicted octanol–water partition coefficient (Wildman–Crippen LogP) is 2.64. The van der Waals surface area contributed by atoms with E-state index in [-0.39, 0.29) is 5.91 Å². The van der Waals surface area contributed by atoms with Crippen LogP contribution >= 0.6 is 0 Å². The monoisotopic (exact) mass is 345 g/mol. The van der Waals surface area contributed by atoms with E-state index in [1.807, 2.05) is 24.0 Å². The third-order valence-corrected chi connectivity index (χ3v) is 6.04. The average molecular weight is 345 g/mol. The van der Waals surface area contributed by atoms with Crippen molar-refractivity contribution in [3.8, 4) is 0 Å². The molecule has 1 aromatic heterocycles. The lowest BCUT2D eigenvalue weighted by molar-refractivity contribution is -0.134. The number of hydrogen-bond acceptors (Lipinski definition) is 4. The van der Waals surface area contributed by atoms with Gasteiger partial charge in [0, 0.05) is 38.3 Å². The lowest BCUT2D eigenvalue weighted by Crippen LogP contribution is -2.52. The number of furan rings is 1. The maximum absolute atomic E-state index is 12.9. The molecule has 5 heteroatoms. The van der Waals surface area contributed by atoms with Gasteiger partial charge in [-0.05, 0) is 44.7 Å². The number of piperazine rings is 1. The molecule has 1 amide bonds. The highest BCUT2D eigenvalue weighted by Gasteiger charge is 2.34. The number of amides is 1. The van der Waals surface area contributed by atoms with E-state index in [1.54, 1.807) is 0 Å². The third kappa shape index (κ3) is 4.26. The SMILES string of the molecule is Cc1ccc(CN(C(=O)CN2CCN(C3CCCC3)CC2)C2CC2)o1. The number of hydrogen-bond donors (Lipinski definition) is 0. The van der Waals surface area contributed by atoms with Crippen LogP contribution in [0.1, 0.15) is 50.0 Å². The molecular formula is C20H31N3O2. The fourth-order valence-corrected chi connectivity index (χ4v) is 4.38. The van der Waals surface area contributed by atoms with Gasteiger partial charge in [-0.3, -0.25) is 14.6 Å². The molecule has 25 heavy (non-hydrogen) atoms. The zero-order valence-corrected chi connectivity index (χ0v) is 15.5. The fraction of sp³-hybridized carbons (Fsp3) is 0.750. The van der Waals surface area contributed by atoms with Crippen molar-refractivity contribution in [2.75, 3.05) is 32.7 Å². The largest absolute Gasteiger partial charge is 0.464 e. The highest BCUT2D eigenvalue weighted by atomic mass is 16.3. The van der Waals surface area contributed by atoms with Crippen LogP contribution in [0.25, 0.3) is 0 Å². The maximum Gasteiger partial charge on any atom is 0.237 e. The number of rotatable bonds is 6. The van der Waals surface area contributed by atoms with E-state index in [0.29, 0.717) is 19.1 Å². The first kappa shape index (κ1) is 17.1. The van der Waals surface area contributed by atoms with Crippen molar-refractivity contribution < 1.29 is 9.21 Å². The molecule has 0 radical (unpaired) electrons. The first-order valence-corrected chi connectivity index (χ1v) is 10.0. The first-order valence-electron chi connectivity index (χ1n) is 10.0. The topological polar surface area (TPSA) is 39.9 Å². The Labute approximate surface area is 150 Å². The average Bonchev–Trinajstić information content (AvgIpc) is 3.13.